The molecule has 4 nitrogen and oxygen atoms in total. The molecule has 1 heterocycles. The van der Waals surface area contributed by atoms with E-state index >= 15 is 0 Å². The summed E-state index contributed by atoms with van der Waals surface area (Å²) in [5.74, 6) is -0.329. The summed E-state index contributed by atoms with van der Waals surface area (Å²) in [7, 11) is 0. The van der Waals surface area contributed by atoms with E-state index in [4.69, 9.17) is 4.74 Å². The van der Waals surface area contributed by atoms with Crippen LogP contribution in [0.2, 0.25) is 0 Å². The molecule has 1 fully saturated rings. The summed E-state index contributed by atoms with van der Waals surface area (Å²) >= 11 is 0. The second-order valence-corrected chi connectivity index (χ2v) is 4.90. The monoisotopic (exact) mass is 266 g/mol. The number of benzene rings is 1. The van der Waals surface area contributed by atoms with E-state index in [0.717, 1.165) is 19.4 Å². The van der Waals surface area contributed by atoms with Crippen molar-refractivity contribution >= 4 is 11.7 Å². The van der Waals surface area contributed by atoms with E-state index in [1.807, 2.05) is 6.92 Å². The van der Waals surface area contributed by atoms with Gasteiger partial charge in [0.2, 0.25) is 0 Å². The molecule has 1 aliphatic heterocycles. The van der Waals surface area contributed by atoms with Gasteiger partial charge in [-0.2, -0.15) is 0 Å². The maximum absolute atomic E-state index is 13.3. The maximum atomic E-state index is 13.3. The Hall–Kier alpha value is -1.62. The maximum Gasteiger partial charge on any atom is 0.319 e. The lowest BCUT2D eigenvalue weighted by Gasteiger charge is -2.20. The molecular formula is C14H19FN2O2. The Balaban J connectivity index is 1.88. The molecule has 0 aliphatic carbocycles. The molecule has 0 spiro atoms. The standard InChI is InChI=1S/C14H19FN2O2/c1-9-5-6-11(8-12(9)15)17-14(18)16-10(2)13-4-3-7-19-13/h5-6,8,10,13H,3-4,7H2,1-2H3,(H2,16,17,18)/t10-,13+/m1/s1. The molecule has 1 aliphatic rings. The van der Waals surface area contributed by atoms with Gasteiger partial charge in [0.1, 0.15) is 5.82 Å². The van der Waals surface area contributed by atoms with Crippen molar-refractivity contribution in [3.05, 3.63) is 29.6 Å². The van der Waals surface area contributed by atoms with Crippen LogP contribution in [0.15, 0.2) is 18.2 Å². The van der Waals surface area contributed by atoms with Crippen molar-refractivity contribution in [3.63, 3.8) is 0 Å². The Labute approximate surface area is 112 Å². The molecule has 104 valence electrons. The van der Waals surface area contributed by atoms with Crippen LogP contribution in [0.4, 0.5) is 14.9 Å². The zero-order valence-electron chi connectivity index (χ0n) is 11.2. The zero-order valence-corrected chi connectivity index (χ0v) is 11.2. The van der Waals surface area contributed by atoms with Gasteiger partial charge in [-0.1, -0.05) is 6.07 Å². The van der Waals surface area contributed by atoms with Crippen LogP contribution >= 0.6 is 0 Å². The molecule has 19 heavy (non-hydrogen) atoms. The first-order valence-electron chi connectivity index (χ1n) is 6.51. The molecular weight excluding hydrogens is 247 g/mol. The topological polar surface area (TPSA) is 50.4 Å². The molecule has 1 aromatic rings. The quantitative estimate of drug-likeness (QED) is 0.883. The van der Waals surface area contributed by atoms with E-state index < -0.39 is 0 Å². The predicted molar refractivity (Wildman–Crippen MR) is 71.7 cm³/mol. The zero-order chi connectivity index (χ0) is 13.8. The van der Waals surface area contributed by atoms with Crippen LogP contribution < -0.4 is 10.6 Å². The summed E-state index contributed by atoms with van der Waals surface area (Å²) in [6.45, 7) is 4.34. The number of halogens is 1. The van der Waals surface area contributed by atoms with Crippen LogP contribution in [0, 0.1) is 12.7 Å². The van der Waals surface area contributed by atoms with Gasteiger partial charge in [0, 0.05) is 12.3 Å². The first-order chi connectivity index (χ1) is 9.06. The number of hydrogen-bond acceptors (Lipinski definition) is 2. The fraction of sp³-hybridized carbons (Fsp3) is 0.500. The summed E-state index contributed by atoms with van der Waals surface area (Å²) in [5.41, 5.74) is 0.999. The van der Waals surface area contributed by atoms with Crippen molar-refractivity contribution in [1.29, 1.82) is 0 Å². The summed E-state index contributed by atoms with van der Waals surface area (Å²) in [6.07, 6.45) is 2.06. The van der Waals surface area contributed by atoms with Crippen LogP contribution in [0.1, 0.15) is 25.3 Å². The van der Waals surface area contributed by atoms with Crippen molar-refractivity contribution < 1.29 is 13.9 Å². The first kappa shape index (κ1) is 13.8. The van der Waals surface area contributed by atoms with Crippen LogP contribution in [0.25, 0.3) is 0 Å². The van der Waals surface area contributed by atoms with Gasteiger partial charge < -0.3 is 15.4 Å². The number of aryl methyl sites for hydroxylation is 1. The van der Waals surface area contributed by atoms with Crippen LogP contribution in [-0.4, -0.2) is 24.8 Å². The van der Waals surface area contributed by atoms with Gasteiger partial charge in [0.05, 0.1) is 12.1 Å². The summed E-state index contributed by atoms with van der Waals surface area (Å²) in [5, 5.41) is 5.43. The largest absolute Gasteiger partial charge is 0.376 e. The number of carbonyl (C=O) groups excluding carboxylic acids is 1. The van der Waals surface area contributed by atoms with E-state index in [9.17, 15) is 9.18 Å². The molecule has 0 saturated carbocycles. The van der Waals surface area contributed by atoms with Gasteiger partial charge >= 0.3 is 6.03 Å². The molecule has 2 N–H and O–H groups in total. The minimum Gasteiger partial charge on any atom is -0.376 e. The lowest BCUT2D eigenvalue weighted by Crippen LogP contribution is -2.42. The minimum absolute atomic E-state index is 0.0576. The number of nitrogens with one attached hydrogen (secondary N) is 2. The number of amides is 2. The average Bonchev–Trinajstić information content (AvgIpc) is 2.87. The van der Waals surface area contributed by atoms with Gasteiger partial charge in [-0.3, -0.25) is 0 Å². The predicted octanol–water partition coefficient (Wildman–Crippen LogP) is 2.82. The highest BCUT2D eigenvalue weighted by Gasteiger charge is 2.23. The fourth-order valence-corrected chi connectivity index (χ4v) is 2.13. The lowest BCUT2D eigenvalue weighted by atomic mass is 10.1. The van der Waals surface area contributed by atoms with Crippen molar-refractivity contribution in [2.45, 2.75) is 38.8 Å². The summed E-state index contributed by atoms with van der Waals surface area (Å²) in [4.78, 5) is 11.8. The highest BCUT2D eigenvalue weighted by molar-refractivity contribution is 5.89. The number of rotatable bonds is 3. The molecule has 5 heteroatoms. The molecule has 2 rings (SSSR count). The Morgan fingerprint density at radius 1 is 1.53 bits per heavy atom. The summed E-state index contributed by atoms with van der Waals surface area (Å²) in [6, 6.07) is 4.22. The highest BCUT2D eigenvalue weighted by atomic mass is 19.1. The third-order valence-corrected chi connectivity index (χ3v) is 3.31. The Morgan fingerprint density at radius 2 is 2.32 bits per heavy atom. The SMILES string of the molecule is Cc1ccc(NC(=O)N[C@H](C)[C@@H]2CCCO2)cc1F. The van der Waals surface area contributed by atoms with E-state index in [2.05, 4.69) is 10.6 Å². The summed E-state index contributed by atoms with van der Waals surface area (Å²) < 4.78 is 18.8. The van der Waals surface area contributed by atoms with Gasteiger partial charge in [0.25, 0.3) is 0 Å². The molecule has 0 radical (unpaired) electrons. The van der Waals surface area contributed by atoms with Crippen molar-refractivity contribution in [3.8, 4) is 0 Å². The van der Waals surface area contributed by atoms with Gasteiger partial charge in [0.15, 0.2) is 0 Å². The number of urea groups is 1. The number of ether oxygens (including phenoxy) is 1. The third-order valence-electron chi connectivity index (χ3n) is 3.31. The molecule has 1 aromatic carbocycles. The van der Waals surface area contributed by atoms with Crippen molar-refractivity contribution in [1.82, 2.24) is 5.32 Å². The lowest BCUT2D eigenvalue weighted by molar-refractivity contribution is 0.0868. The first-order valence-corrected chi connectivity index (χ1v) is 6.51. The fourth-order valence-electron chi connectivity index (χ4n) is 2.13. The molecule has 0 unspecified atom stereocenters. The Bertz CT molecular complexity index is 459. The van der Waals surface area contributed by atoms with E-state index in [0.29, 0.717) is 11.3 Å². The van der Waals surface area contributed by atoms with Crippen LogP contribution in [-0.2, 0) is 4.74 Å². The van der Waals surface area contributed by atoms with E-state index in [1.54, 1.807) is 19.1 Å². The second kappa shape index (κ2) is 6.02. The van der Waals surface area contributed by atoms with Crippen LogP contribution in [0.3, 0.4) is 0 Å². The number of hydrogen-bond donors (Lipinski definition) is 2. The molecule has 0 aromatic heterocycles. The number of carbonyl (C=O) groups is 1. The van der Waals surface area contributed by atoms with E-state index in [-0.39, 0.29) is 24.0 Å². The third kappa shape index (κ3) is 3.67. The molecule has 1 saturated heterocycles. The van der Waals surface area contributed by atoms with Gasteiger partial charge in [-0.25, -0.2) is 9.18 Å². The average molecular weight is 266 g/mol. The van der Waals surface area contributed by atoms with Crippen LogP contribution in [0.5, 0.6) is 0 Å². The highest BCUT2D eigenvalue weighted by Crippen LogP contribution is 2.16. The van der Waals surface area contributed by atoms with Gasteiger partial charge in [-0.05, 0) is 44.4 Å². The van der Waals surface area contributed by atoms with E-state index in [1.165, 1.54) is 6.07 Å². The van der Waals surface area contributed by atoms with Crippen molar-refractivity contribution in [2.24, 2.45) is 0 Å². The minimum atomic E-state index is -0.341. The van der Waals surface area contributed by atoms with Gasteiger partial charge in [-0.15, -0.1) is 0 Å². The Kier molecular flexibility index (Phi) is 4.37. The Morgan fingerprint density at radius 3 is 2.95 bits per heavy atom. The normalized spacial score (nSPS) is 20.1. The number of anilines is 1. The van der Waals surface area contributed by atoms with Crippen molar-refractivity contribution in [2.75, 3.05) is 11.9 Å². The molecule has 0 bridgehead atoms. The smallest absolute Gasteiger partial charge is 0.319 e. The second-order valence-electron chi connectivity index (χ2n) is 4.90. The molecule has 2 amide bonds. The molecule has 2 atom stereocenters.